The molecule has 0 radical (unpaired) electrons. The molecule has 26 heavy (non-hydrogen) atoms. The van der Waals surface area contributed by atoms with Gasteiger partial charge in [0, 0.05) is 17.9 Å². The van der Waals surface area contributed by atoms with Crippen LogP contribution >= 0.6 is 0 Å². The summed E-state index contributed by atoms with van der Waals surface area (Å²) < 4.78 is 11.6. The van der Waals surface area contributed by atoms with Gasteiger partial charge in [0.2, 0.25) is 0 Å². The van der Waals surface area contributed by atoms with Gasteiger partial charge in [0.15, 0.2) is 6.61 Å². The van der Waals surface area contributed by atoms with Gasteiger partial charge in [-0.3, -0.25) is 10.1 Å². The van der Waals surface area contributed by atoms with Crippen molar-refractivity contribution < 1.29 is 23.9 Å². The maximum atomic E-state index is 12.3. The molecule has 0 aliphatic heterocycles. The fraction of sp³-hybridized carbons (Fsp3) is 0.316. The van der Waals surface area contributed by atoms with Crippen molar-refractivity contribution in [1.82, 2.24) is 9.88 Å². The summed E-state index contributed by atoms with van der Waals surface area (Å²) in [6.07, 6.45) is -0.866. The van der Waals surface area contributed by atoms with Gasteiger partial charge in [0.05, 0.1) is 12.2 Å². The molecule has 0 spiro atoms. The third-order valence-corrected chi connectivity index (χ3v) is 3.83. The summed E-state index contributed by atoms with van der Waals surface area (Å²) >= 11 is 0. The van der Waals surface area contributed by atoms with Gasteiger partial charge in [-0.05, 0) is 32.4 Å². The summed E-state index contributed by atoms with van der Waals surface area (Å²) in [5.41, 5.74) is 3.17. The molecule has 7 nitrogen and oxygen atoms in total. The van der Waals surface area contributed by atoms with Gasteiger partial charge >= 0.3 is 12.1 Å². The summed E-state index contributed by atoms with van der Waals surface area (Å²) in [7, 11) is 0. The molecule has 2 aromatic rings. The number of nitrogens with one attached hydrogen (secondary N) is 1. The number of nitrogens with zero attached hydrogens (tertiary/aromatic N) is 1. The van der Waals surface area contributed by atoms with Crippen molar-refractivity contribution in [1.29, 1.82) is 0 Å². The number of carbonyl (C=O) groups is 3. The zero-order chi connectivity index (χ0) is 19.1. The van der Waals surface area contributed by atoms with Crippen molar-refractivity contribution in [2.75, 3.05) is 13.2 Å². The molecule has 1 aromatic carbocycles. The van der Waals surface area contributed by atoms with Crippen LogP contribution in [0.15, 0.2) is 36.4 Å². The van der Waals surface area contributed by atoms with Crippen LogP contribution in [0, 0.1) is 13.8 Å². The van der Waals surface area contributed by atoms with Crippen LogP contribution in [0.2, 0.25) is 0 Å². The van der Waals surface area contributed by atoms with Gasteiger partial charge in [-0.15, -0.1) is 0 Å². The zero-order valence-electron chi connectivity index (χ0n) is 15.1. The number of imide groups is 1. The number of hydrogen-bond acceptors (Lipinski definition) is 5. The van der Waals surface area contributed by atoms with Gasteiger partial charge in [-0.25, -0.2) is 9.59 Å². The Hall–Kier alpha value is -3.09. The highest BCUT2D eigenvalue weighted by Gasteiger charge is 2.19. The number of esters is 1. The molecule has 7 heteroatoms. The Balaban J connectivity index is 2.00. The lowest BCUT2D eigenvalue weighted by molar-refractivity contribution is -0.123. The van der Waals surface area contributed by atoms with Gasteiger partial charge < -0.3 is 14.0 Å². The van der Waals surface area contributed by atoms with Gasteiger partial charge in [-0.1, -0.05) is 30.3 Å². The molecular weight excluding hydrogens is 336 g/mol. The van der Waals surface area contributed by atoms with Crippen molar-refractivity contribution in [3.05, 3.63) is 58.9 Å². The average molecular weight is 358 g/mol. The van der Waals surface area contributed by atoms with Crippen molar-refractivity contribution in [2.45, 2.75) is 27.3 Å². The van der Waals surface area contributed by atoms with E-state index in [4.69, 9.17) is 4.74 Å². The number of ether oxygens (including phenoxy) is 2. The topological polar surface area (TPSA) is 86.6 Å². The Labute approximate surface area is 151 Å². The maximum Gasteiger partial charge on any atom is 0.413 e. The second-order valence-corrected chi connectivity index (χ2v) is 5.70. The summed E-state index contributed by atoms with van der Waals surface area (Å²) in [5, 5.41) is 1.97. The van der Waals surface area contributed by atoms with Crippen molar-refractivity contribution in [3.63, 3.8) is 0 Å². The van der Waals surface area contributed by atoms with Crippen LogP contribution in [0.25, 0.3) is 0 Å². The molecule has 138 valence electrons. The average Bonchev–Trinajstić information content (AvgIpc) is 2.89. The van der Waals surface area contributed by atoms with Crippen molar-refractivity contribution in [3.8, 4) is 0 Å². The van der Waals surface area contributed by atoms with Crippen LogP contribution in [0.3, 0.4) is 0 Å². The van der Waals surface area contributed by atoms with E-state index in [2.05, 4.69) is 4.74 Å². The van der Waals surface area contributed by atoms with E-state index >= 15 is 0 Å². The van der Waals surface area contributed by atoms with E-state index < -0.39 is 24.6 Å². The molecule has 0 fully saturated rings. The van der Waals surface area contributed by atoms with Crippen molar-refractivity contribution in [2.24, 2.45) is 0 Å². The highest BCUT2D eigenvalue weighted by Crippen LogP contribution is 2.18. The Morgan fingerprint density at radius 1 is 1.08 bits per heavy atom. The lowest BCUT2D eigenvalue weighted by Gasteiger charge is -2.10. The summed E-state index contributed by atoms with van der Waals surface area (Å²) in [6, 6.07) is 11.6. The molecule has 1 heterocycles. The lowest BCUT2D eigenvalue weighted by Crippen LogP contribution is -2.34. The predicted molar refractivity (Wildman–Crippen MR) is 94.9 cm³/mol. The summed E-state index contributed by atoms with van der Waals surface area (Å²) in [4.78, 5) is 35.0. The largest absolute Gasteiger partial charge is 0.452 e. The minimum atomic E-state index is -0.866. The minimum absolute atomic E-state index is 0.145. The fourth-order valence-electron chi connectivity index (χ4n) is 2.54. The smallest absolute Gasteiger partial charge is 0.413 e. The van der Waals surface area contributed by atoms with E-state index in [1.54, 1.807) is 13.0 Å². The lowest BCUT2D eigenvalue weighted by atomic mass is 10.2. The van der Waals surface area contributed by atoms with Crippen LogP contribution in [-0.2, 0) is 20.8 Å². The number of benzene rings is 1. The number of hydrogen-bond donors (Lipinski definition) is 1. The molecule has 2 rings (SSSR count). The van der Waals surface area contributed by atoms with E-state index in [0.717, 1.165) is 17.0 Å². The molecule has 2 amide bonds. The normalized spacial score (nSPS) is 10.3. The van der Waals surface area contributed by atoms with Gasteiger partial charge in [0.1, 0.15) is 0 Å². The zero-order valence-corrected chi connectivity index (χ0v) is 15.1. The first-order chi connectivity index (χ1) is 12.4. The molecular formula is C19H22N2O5. The third kappa shape index (κ3) is 4.95. The molecule has 1 aromatic heterocycles. The van der Waals surface area contributed by atoms with Crippen molar-refractivity contribution >= 4 is 18.0 Å². The predicted octanol–water partition coefficient (Wildman–Crippen LogP) is 2.58. The quantitative estimate of drug-likeness (QED) is 0.802. The number of rotatable bonds is 6. The third-order valence-electron chi connectivity index (χ3n) is 3.83. The van der Waals surface area contributed by atoms with E-state index in [1.165, 1.54) is 0 Å². The first-order valence-electron chi connectivity index (χ1n) is 8.26. The van der Waals surface area contributed by atoms with Crippen LogP contribution in [-0.4, -0.2) is 35.8 Å². The number of alkyl carbamates (subject to hydrolysis) is 1. The van der Waals surface area contributed by atoms with Crippen LogP contribution in [0.5, 0.6) is 0 Å². The molecule has 0 bridgehead atoms. The molecule has 0 atom stereocenters. The van der Waals surface area contributed by atoms with Crippen LogP contribution < -0.4 is 5.32 Å². The molecule has 0 aliphatic carbocycles. The maximum absolute atomic E-state index is 12.3. The highest BCUT2D eigenvalue weighted by atomic mass is 16.6. The van der Waals surface area contributed by atoms with E-state index in [9.17, 15) is 14.4 Å². The Kier molecular flexibility index (Phi) is 6.54. The molecule has 1 N–H and O–H groups in total. The standard InChI is InChI=1S/C19H22N2O5/c1-4-25-19(24)20-17(22)12-26-18(23)16-10-13(2)21(14(16)3)11-15-8-6-5-7-9-15/h5-10H,4,11-12H2,1-3H3,(H,20,22,24). The number of aryl methyl sites for hydroxylation is 1. The molecule has 0 saturated heterocycles. The van der Waals surface area contributed by atoms with Crippen LogP contribution in [0.1, 0.15) is 34.2 Å². The minimum Gasteiger partial charge on any atom is -0.452 e. The number of amides is 2. The Bertz CT molecular complexity index is 796. The van der Waals surface area contributed by atoms with Crippen LogP contribution in [0.4, 0.5) is 4.79 Å². The van der Waals surface area contributed by atoms with Gasteiger partial charge in [-0.2, -0.15) is 0 Å². The van der Waals surface area contributed by atoms with E-state index in [0.29, 0.717) is 12.1 Å². The Morgan fingerprint density at radius 3 is 2.42 bits per heavy atom. The number of carbonyl (C=O) groups excluding carboxylic acids is 3. The SMILES string of the molecule is CCOC(=O)NC(=O)COC(=O)c1cc(C)n(Cc2ccccc2)c1C. The monoisotopic (exact) mass is 358 g/mol. The molecule has 0 aliphatic rings. The van der Waals surface area contributed by atoms with E-state index in [1.807, 2.05) is 54.1 Å². The molecule has 0 unspecified atom stereocenters. The second kappa shape index (κ2) is 8.84. The van der Waals surface area contributed by atoms with Gasteiger partial charge in [0.25, 0.3) is 5.91 Å². The number of aromatic nitrogens is 1. The second-order valence-electron chi connectivity index (χ2n) is 5.70. The first-order valence-corrected chi connectivity index (χ1v) is 8.26. The van der Waals surface area contributed by atoms with E-state index in [-0.39, 0.29) is 6.61 Å². The molecule has 0 saturated carbocycles. The highest BCUT2D eigenvalue weighted by molar-refractivity contribution is 5.96. The summed E-state index contributed by atoms with van der Waals surface area (Å²) in [6.45, 7) is 5.57. The fourth-order valence-corrected chi connectivity index (χ4v) is 2.54. The Morgan fingerprint density at radius 2 is 1.77 bits per heavy atom. The summed E-state index contributed by atoms with van der Waals surface area (Å²) in [5.74, 6) is -1.36. The first kappa shape index (κ1) is 19.2.